The van der Waals surface area contributed by atoms with E-state index < -0.39 is 0 Å². The van der Waals surface area contributed by atoms with Crippen LogP contribution in [-0.4, -0.2) is 33.9 Å². The summed E-state index contributed by atoms with van der Waals surface area (Å²) in [6.07, 6.45) is 5.52. The first-order valence-electron chi connectivity index (χ1n) is 6.78. The highest BCUT2D eigenvalue weighted by molar-refractivity contribution is 5.76. The summed E-state index contributed by atoms with van der Waals surface area (Å²) in [6.45, 7) is 5.69. The van der Waals surface area contributed by atoms with Gasteiger partial charge in [0, 0.05) is 37.3 Å². The van der Waals surface area contributed by atoms with Crippen LogP contribution >= 0.6 is 0 Å². The molecule has 0 radical (unpaired) electrons. The van der Waals surface area contributed by atoms with Crippen molar-refractivity contribution in [1.29, 1.82) is 0 Å². The highest BCUT2D eigenvalue weighted by atomic mass is 16.2. The average molecular weight is 247 g/mol. The first-order chi connectivity index (χ1) is 8.70. The molecule has 4 nitrogen and oxygen atoms in total. The third kappa shape index (κ3) is 3.06. The van der Waals surface area contributed by atoms with E-state index in [2.05, 4.69) is 9.97 Å². The molecule has 1 aliphatic heterocycles. The van der Waals surface area contributed by atoms with Crippen LogP contribution in [0.2, 0.25) is 0 Å². The number of hydrogen-bond donors (Lipinski definition) is 0. The Morgan fingerprint density at radius 1 is 1.56 bits per heavy atom. The van der Waals surface area contributed by atoms with Crippen LogP contribution in [0.5, 0.6) is 0 Å². The van der Waals surface area contributed by atoms with E-state index in [-0.39, 0.29) is 5.91 Å². The predicted octanol–water partition coefficient (Wildman–Crippen LogP) is 2.29. The van der Waals surface area contributed by atoms with Crippen LogP contribution in [0.15, 0.2) is 12.3 Å². The van der Waals surface area contributed by atoms with Crippen molar-refractivity contribution in [2.75, 3.05) is 13.1 Å². The summed E-state index contributed by atoms with van der Waals surface area (Å²) in [5, 5.41) is 0. The van der Waals surface area contributed by atoms with Crippen molar-refractivity contribution in [3.05, 3.63) is 23.8 Å². The number of carbonyl (C=O) groups excluding carboxylic acids is 1. The summed E-state index contributed by atoms with van der Waals surface area (Å²) in [5.74, 6) is 1.47. The van der Waals surface area contributed by atoms with Gasteiger partial charge in [0.15, 0.2) is 0 Å². The molecule has 0 N–H and O–H groups in total. The Balaban J connectivity index is 2.04. The molecule has 1 aromatic rings. The summed E-state index contributed by atoms with van der Waals surface area (Å²) >= 11 is 0. The van der Waals surface area contributed by atoms with Gasteiger partial charge in [-0.15, -0.1) is 0 Å². The monoisotopic (exact) mass is 247 g/mol. The predicted molar refractivity (Wildman–Crippen MR) is 70.2 cm³/mol. The number of amides is 1. The SMILES string of the molecule is CCCC(=O)N1CCCC(c2nccc(C)n2)C1. The fourth-order valence-electron chi connectivity index (χ4n) is 2.45. The zero-order chi connectivity index (χ0) is 13.0. The normalized spacial score (nSPS) is 19.9. The number of rotatable bonds is 3. The second kappa shape index (κ2) is 5.94. The van der Waals surface area contributed by atoms with E-state index in [0.717, 1.165) is 43.9 Å². The van der Waals surface area contributed by atoms with Crippen molar-refractivity contribution in [2.45, 2.75) is 45.4 Å². The minimum absolute atomic E-state index is 0.273. The molecule has 0 aromatic carbocycles. The highest BCUT2D eigenvalue weighted by Gasteiger charge is 2.25. The Morgan fingerprint density at radius 3 is 3.11 bits per heavy atom. The largest absolute Gasteiger partial charge is 0.342 e. The fraction of sp³-hybridized carbons (Fsp3) is 0.643. The van der Waals surface area contributed by atoms with Gasteiger partial charge in [-0.2, -0.15) is 0 Å². The Hall–Kier alpha value is -1.45. The van der Waals surface area contributed by atoms with E-state index in [1.807, 2.05) is 31.0 Å². The summed E-state index contributed by atoms with van der Waals surface area (Å²) < 4.78 is 0. The van der Waals surface area contributed by atoms with Crippen molar-refractivity contribution in [1.82, 2.24) is 14.9 Å². The van der Waals surface area contributed by atoms with Gasteiger partial charge in [-0.05, 0) is 32.3 Å². The number of aryl methyl sites for hydroxylation is 1. The van der Waals surface area contributed by atoms with Crippen LogP contribution in [0, 0.1) is 6.92 Å². The van der Waals surface area contributed by atoms with Gasteiger partial charge in [-0.1, -0.05) is 6.92 Å². The van der Waals surface area contributed by atoms with Gasteiger partial charge in [0.2, 0.25) is 5.91 Å². The van der Waals surface area contributed by atoms with Crippen molar-refractivity contribution in [3.63, 3.8) is 0 Å². The third-order valence-electron chi connectivity index (χ3n) is 3.42. The molecule has 1 fully saturated rings. The van der Waals surface area contributed by atoms with E-state index in [9.17, 15) is 4.79 Å². The molecule has 0 aliphatic carbocycles. The Morgan fingerprint density at radius 2 is 2.39 bits per heavy atom. The lowest BCUT2D eigenvalue weighted by molar-refractivity contribution is -0.132. The van der Waals surface area contributed by atoms with Crippen molar-refractivity contribution in [3.8, 4) is 0 Å². The molecule has 0 bridgehead atoms. The summed E-state index contributed by atoms with van der Waals surface area (Å²) in [7, 11) is 0. The van der Waals surface area contributed by atoms with E-state index in [4.69, 9.17) is 0 Å². The van der Waals surface area contributed by atoms with Crippen LogP contribution < -0.4 is 0 Å². The topological polar surface area (TPSA) is 46.1 Å². The molecule has 18 heavy (non-hydrogen) atoms. The standard InChI is InChI=1S/C14H21N3O/c1-3-5-13(18)17-9-4-6-12(10-17)14-15-8-7-11(2)16-14/h7-8,12H,3-6,9-10H2,1-2H3. The molecule has 1 aliphatic rings. The van der Waals surface area contributed by atoms with Gasteiger partial charge >= 0.3 is 0 Å². The molecular weight excluding hydrogens is 226 g/mol. The highest BCUT2D eigenvalue weighted by Crippen LogP contribution is 2.24. The van der Waals surface area contributed by atoms with Crippen molar-refractivity contribution >= 4 is 5.91 Å². The van der Waals surface area contributed by atoms with E-state index >= 15 is 0 Å². The average Bonchev–Trinajstić information content (AvgIpc) is 2.39. The van der Waals surface area contributed by atoms with Crippen LogP contribution in [0.3, 0.4) is 0 Å². The van der Waals surface area contributed by atoms with Gasteiger partial charge in [-0.3, -0.25) is 4.79 Å². The fourth-order valence-corrected chi connectivity index (χ4v) is 2.45. The van der Waals surface area contributed by atoms with Crippen LogP contribution in [0.4, 0.5) is 0 Å². The molecule has 1 unspecified atom stereocenters. The summed E-state index contributed by atoms with van der Waals surface area (Å²) in [5.41, 5.74) is 0.997. The smallest absolute Gasteiger partial charge is 0.222 e. The number of hydrogen-bond acceptors (Lipinski definition) is 3. The third-order valence-corrected chi connectivity index (χ3v) is 3.42. The van der Waals surface area contributed by atoms with Gasteiger partial charge < -0.3 is 4.90 Å². The number of piperidine rings is 1. The molecule has 4 heteroatoms. The lowest BCUT2D eigenvalue weighted by Crippen LogP contribution is -2.39. The van der Waals surface area contributed by atoms with Gasteiger partial charge in [0.1, 0.15) is 5.82 Å². The van der Waals surface area contributed by atoms with E-state index in [0.29, 0.717) is 12.3 Å². The quantitative estimate of drug-likeness (QED) is 0.823. The maximum absolute atomic E-state index is 11.9. The zero-order valence-corrected chi connectivity index (χ0v) is 11.2. The number of nitrogens with zero attached hydrogens (tertiary/aromatic N) is 3. The molecule has 1 amide bonds. The second-order valence-electron chi connectivity index (χ2n) is 4.99. The maximum atomic E-state index is 11.9. The Labute approximate surface area is 108 Å². The molecule has 1 saturated heterocycles. The van der Waals surface area contributed by atoms with E-state index in [1.165, 1.54) is 0 Å². The molecule has 98 valence electrons. The molecule has 0 spiro atoms. The van der Waals surface area contributed by atoms with E-state index in [1.54, 1.807) is 0 Å². The summed E-state index contributed by atoms with van der Waals surface area (Å²) in [6, 6.07) is 1.91. The Bertz CT molecular complexity index is 419. The van der Waals surface area contributed by atoms with Crippen molar-refractivity contribution in [2.24, 2.45) is 0 Å². The zero-order valence-electron chi connectivity index (χ0n) is 11.2. The lowest BCUT2D eigenvalue weighted by Gasteiger charge is -2.32. The van der Waals surface area contributed by atoms with Gasteiger partial charge in [0.25, 0.3) is 0 Å². The molecule has 0 saturated carbocycles. The number of carbonyl (C=O) groups is 1. The molecule has 1 aromatic heterocycles. The molecule has 1 atom stereocenters. The van der Waals surface area contributed by atoms with Gasteiger partial charge in [0.05, 0.1) is 0 Å². The minimum Gasteiger partial charge on any atom is -0.342 e. The number of aromatic nitrogens is 2. The van der Waals surface area contributed by atoms with Gasteiger partial charge in [-0.25, -0.2) is 9.97 Å². The molecular formula is C14H21N3O. The van der Waals surface area contributed by atoms with Crippen LogP contribution in [-0.2, 0) is 4.79 Å². The molecule has 2 heterocycles. The maximum Gasteiger partial charge on any atom is 0.222 e. The first-order valence-corrected chi connectivity index (χ1v) is 6.78. The van der Waals surface area contributed by atoms with Crippen LogP contribution in [0.25, 0.3) is 0 Å². The first kappa shape index (κ1) is 13.0. The minimum atomic E-state index is 0.273. The lowest BCUT2D eigenvalue weighted by atomic mass is 9.96. The number of likely N-dealkylation sites (tertiary alicyclic amines) is 1. The second-order valence-corrected chi connectivity index (χ2v) is 4.99. The van der Waals surface area contributed by atoms with Crippen LogP contribution in [0.1, 0.15) is 50.0 Å². The summed E-state index contributed by atoms with van der Waals surface area (Å²) in [4.78, 5) is 22.7. The Kier molecular flexibility index (Phi) is 4.28. The van der Waals surface area contributed by atoms with Crippen molar-refractivity contribution < 1.29 is 4.79 Å². The molecule has 2 rings (SSSR count).